The van der Waals surface area contributed by atoms with Gasteiger partial charge in [-0.3, -0.25) is 10.1 Å². The van der Waals surface area contributed by atoms with Crippen LogP contribution in [0.1, 0.15) is 31.3 Å². The minimum Gasteiger partial charge on any atom is -0.457 e. The van der Waals surface area contributed by atoms with Crippen LogP contribution in [0.5, 0.6) is 0 Å². The number of hydrogen-bond acceptors (Lipinski definition) is 6. The van der Waals surface area contributed by atoms with Crippen molar-refractivity contribution in [2.45, 2.75) is 26.4 Å². The molecule has 0 bridgehead atoms. The van der Waals surface area contributed by atoms with E-state index in [-0.39, 0.29) is 11.4 Å². The quantitative estimate of drug-likeness (QED) is 0.708. The SMILES string of the molecule is COCCOCCNC(=O)c1occc1NC(=O)OC(C)(C)C. The molecule has 0 aliphatic heterocycles. The maximum absolute atomic E-state index is 12.0. The summed E-state index contributed by atoms with van der Waals surface area (Å²) in [6, 6.07) is 1.48. The zero-order valence-corrected chi connectivity index (χ0v) is 13.9. The number of anilines is 1. The Morgan fingerprint density at radius 3 is 2.61 bits per heavy atom. The lowest BCUT2D eigenvalue weighted by molar-refractivity contribution is 0.0635. The van der Waals surface area contributed by atoms with Gasteiger partial charge in [0, 0.05) is 19.7 Å². The summed E-state index contributed by atoms with van der Waals surface area (Å²) < 4.78 is 20.3. The van der Waals surface area contributed by atoms with Gasteiger partial charge in [0.1, 0.15) is 5.60 Å². The second-order valence-electron chi connectivity index (χ2n) is 5.65. The van der Waals surface area contributed by atoms with Crippen molar-refractivity contribution < 1.29 is 28.2 Å². The smallest absolute Gasteiger partial charge is 0.412 e. The Labute approximate surface area is 135 Å². The lowest BCUT2D eigenvalue weighted by atomic mass is 10.2. The molecule has 2 N–H and O–H groups in total. The van der Waals surface area contributed by atoms with Crippen LogP contribution in [0.4, 0.5) is 10.5 Å². The monoisotopic (exact) mass is 328 g/mol. The molecular formula is C15H24N2O6. The van der Waals surface area contributed by atoms with Crippen molar-refractivity contribution >= 4 is 17.7 Å². The molecule has 0 aromatic carbocycles. The molecule has 1 heterocycles. The average Bonchev–Trinajstić information content (AvgIpc) is 2.88. The van der Waals surface area contributed by atoms with Gasteiger partial charge >= 0.3 is 6.09 Å². The minimum absolute atomic E-state index is 0.00718. The third kappa shape index (κ3) is 7.66. The van der Waals surface area contributed by atoms with Gasteiger partial charge in [-0.05, 0) is 20.8 Å². The number of nitrogens with one attached hydrogen (secondary N) is 2. The summed E-state index contributed by atoms with van der Waals surface area (Å²) in [6.07, 6.45) is 0.660. The van der Waals surface area contributed by atoms with Crippen LogP contribution < -0.4 is 10.6 Å². The van der Waals surface area contributed by atoms with Crippen LogP contribution in [0.3, 0.4) is 0 Å². The van der Waals surface area contributed by atoms with E-state index in [2.05, 4.69) is 10.6 Å². The lowest BCUT2D eigenvalue weighted by Crippen LogP contribution is -2.30. The Balaban J connectivity index is 2.44. The maximum atomic E-state index is 12.0. The molecule has 0 unspecified atom stereocenters. The number of amides is 2. The number of ether oxygens (including phenoxy) is 3. The summed E-state index contributed by atoms with van der Waals surface area (Å²) in [5.41, 5.74) is -0.382. The summed E-state index contributed by atoms with van der Waals surface area (Å²) in [4.78, 5) is 23.7. The fraction of sp³-hybridized carbons (Fsp3) is 0.600. The van der Waals surface area contributed by atoms with E-state index in [0.29, 0.717) is 26.4 Å². The van der Waals surface area contributed by atoms with Gasteiger partial charge in [0.25, 0.3) is 5.91 Å². The molecule has 0 saturated carbocycles. The van der Waals surface area contributed by atoms with Crippen LogP contribution in [0.2, 0.25) is 0 Å². The van der Waals surface area contributed by atoms with Gasteiger partial charge in [0.2, 0.25) is 5.76 Å². The first-order valence-electron chi connectivity index (χ1n) is 7.26. The molecule has 1 aromatic rings. The first-order chi connectivity index (χ1) is 10.8. The van der Waals surface area contributed by atoms with Crippen LogP contribution in [0, 0.1) is 0 Å². The second-order valence-corrected chi connectivity index (χ2v) is 5.65. The molecule has 1 rings (SSSR count). The van der Waals surface area contributed by atoms with Crippen molar-refractivity contribution in [2.75, 3.05) is 38.8 Å². The first kappa shape index (κ1) is 19.0. The number of rotatable bonds is 8. The van der Waals surface area contributed by atoms with E-state index in [0.717, 1.165) is 0 Å². The van der Waals surface area contributed by atoms with E-state index < -0.39 is 17.6 Å². The Bertz CT molecular complexity index is 506. The largest absolute Gasteiger partial charge is 0.457 e. The topological polar surface area (TPSA) is 99.0 Å². The van der Waals surface area contributed by atoms with Crippen molar-refractivity contribution in [1.29, 1.82) is 0 Å². The molecule has 0 saturated heterocycles. The van der Waals surface area contributed by atoms with Gasteiger partial charge in [-0.15, -0.1) is 0 Å². The maximum Gasteiger partial charge on any atom is 0.412 e. The Morgan fingerprint density at radius 1 is 1.22 bits per heavy atom. The van der Waals surface area contributed by atoms with Crippen LogP contribution in [-0.2, 0) is 14.2 Å². The molecule has 2 amide bonds. The van der Waals surface area contributed by atoms with Gasteiger partial charge < -0.3 is 23.9 Å². The highest BCUT2D eigenvalue weighted by molar-refractivity contribution is 6.00. The summed E-state index contributed by atoms with van der Waals surface area (Å²) >= 11 is 0. The minimum atomic E-state index is -0.657. The highest BCUT2D eigenvalue weighted by Gasteiger charge is 2.20. The molecule has 0 aliphatic rings. The summed E-state index contributed by atoms with van der Waals surface area (Å²) in [6.45, 7) is 6.87. The van der Waals surface area contributed by atoms with E-state index in [1.165, 1.54) is 12.3 Å². The van der Waals surface area contributed by atoms with Gasteiger partial charge in [-0.25, -0.2) is 4.79 Å². The molecule has 130 valence electrons. The number of methoxy groups -OCH3 is 1. The second kappa shape index (κ2) is 9.16. The zero-order valence-electron chi connectivity index (χ0n) is 13.9. The number of carbonyl (C=O) groups excluding carboxylic acids is 2. The van der Waals surface area contributed by atoms with E-state index in [9.17, 15) is 9.59 Å². The molecule has 0 atom stereocenters. The molecule has 23 heavy (non-hydrogen) atoms. The summed E-state index contributed by atoms with van der Waals surface area (Å²) in [7, 11) is 1.58. The molecule has 0 fully saturated rings. The van der Waals surface area contributed by atoms with Crippen LogP contribution in [0.15, 0.2) is 16.7 Å². The van der Waals surface area contributed by atoms with Crippen molar-refractivity contribution in [2.24, 2.45) is 0 Å². The van der Waals surface area contributed by atoms with Crippen molar-refractivity contribution in [3.05, 3.63) is 18.1 Å². The molecule has 0 aliphatic carbocycles. The Kier molecular flexibility index (Phi) is 7.56. The van der Waals surface area contributed by atoms with Crippen molar-refractivity contribution in [3.63, 3.8) is 0 Å². The van der Waals surface area contributed by atoms with Crippen LogP contribution >= 0.6 is 0 Å². The van der Waals surface area contributed by atoms with Crippen LogP contribution in [0.25, 0.3) is 0 Å². The predicted octanol–water partition coefficient (Wildman–Crippen LogP) is 2.02. The van der Waals surface area contributed by atoms with E-state index >= 15 is 0 Å². The van der Waals surface area contributed by atoms with Gasteiger partial charge in [0.15, 0.2) is 0 Å². The lowest BCUT2D eigenvalue weighted by Gasteiger charge is -2.19. The van der Waals surface area contributed by atoms with E-state index in [1.54, 1.807) is 27.9 Å². The molecular weight excluding hydrogens is 304 g/mol. The summed E-state index contributed by atoms with van der Waals surface area (Å²) in [5, 5.41) is 5.12. The number of hydrogen-bond donors (Lipinski definition) is 2. The van der Waals surface area contributed by atoms with E-state index in [1.807, 2.05) is 0 Å². The standard InChI is InChI=1S/C15H24N2O6/c1-15(2,3)23-14(19)17-11-5-7-22-12(11)13(18)16-6-8-21-10-9-20-4/h5,7H,6,8-10H2,1-4H3,(H,16,18)(H,17,19). The van der Waals surface area contributed by atoms with Gasteiger partial charge in [-0.1, -0.05) is 0 Å². The number of carbonyl (C=O) groups is 2. The van der Waals surface area contributed by atoms with Crippen molar-refractivity contribution in [3.8, 4) is 0 Å². The normalized spacial score (nSPS) is 11.1. The summed E-state index contributed by atoms with van der Waals surface area (Å²) in [5.74, 6) is -0.441. The highest BCUT2D eigenvalue weighted by Crippen LogP contribution is 2.18. The van der Waals surface area contributed by atoms with Crippen LogP contribution in [-0.4, -0.2) is 51.1 Å². The fourth-order valence-corrected chi connectivity index (χ4v) is 1.56. The highest BCUT2D eigenvalue weighted by atomic mass is 16.6. The molecule has 1 aromatic heterocycles. The Morgan fingerprint density at radius 2 is 1.96 bits per heavy atom. The third-order valence-electron chi connectivity index (χ3n) is 2.47. The van der Waals surface area contributed by atoms with Gasteiger partial charge in [0.05, 0.1) is 31.8 Å². The van der Waals surface area contributed by atoms with E-state index in [4.69, 9.17) is 18.6 Å². The molecule has 8 heteroatoms. The number of furan rings is 1. The van der Waals surface area contributed by atoms with Gasteiger partial charge in [-0.2, -0.15) is 0 Å². The molecule has 0 spiro atoms. The first-order valence-corrected chi connectivity index (χ1v) is 7.26. The van der Waals surface area contributed by atoms with Crippen molar-refractivity contribution in [1.82, 2.24) is 5.32 Å². The molecule has 8 nitrogen and oxygen atoms in total. The fourth-order valence-electron chi connectivity index (χ4n) is 1.56. The predicted molar refractivity (Wildman–Crippen MR) is 83.6 cm³/mol. The third-order valence-corrected chi connectivity index (χ3v) is 2.47. The molecule has 0 radical (unpaired) electrons. The Hall–Kier alpha value is -2.06. The zero-order chi connectivity index (χ0) is 17.3. The average molecular weight is 328 g/mol.